The zero-order valence-electron chi connectivity index (χ0n) is 14.7. The van der Waals surface area contributed by atoms with E-state index in [-0.39, 0.29) is 17.6 Å². The molecule has 0 spiro atoms. The van der Waals surface area contributed by atoms with Crippen LogP contribution in [0.3, 0.4) is 0 Å². The molecule has 6 nitrogen and oxygen atoms in total. The van der Waals surface area contributed by atoms with E-state index in [2.05, 4.69) is 4.98 Å². The summed E-state index contributed by atoms with van der Waals surface area (Å²) >= 11 is 11.9. The predicted molar refractivity (Wildman–Crippen MR) is 106 cm³/mol. The fourth-order valence-corrected chi connectivity index (χ4v) is 3.89. The van der Waals surface area contributed by atoms with Crippen molar-refractivity contribution in [3.8, 4) is 0 Å². The van der Waals surface area contributed by atoms with Crippen molar-refractivity contribution in [2.24, 2.45) is 0 Å². The second kappa shape index (κ2) is 7.50. The summed E-state index contributed by atoms with van der Waals surface area (Å²) in [7, 11) is -1.94. The molecule has 0 saturated heterocycles. The third-order valence-electron chi connectivity index (χ3n) is 4.07. The van der Waals surface area contributed by atoms with Crippen molar-refractivity contribution in [2.45, 2.75) is 18.2 Å². The summed E-state index contributed by atoms with van der Waals surface area (Å²) in [6.07, 6.45) is 1.08. The smallest absolute Gasteiger partial charge is 0.242 e. The van der Waals surface area contributed by atoms with Gasteiger partial charge in [0, 0.05) is 19.8 Å². The molecule has 0 N–H and O–H groups in total. The number of rotatable bonds is 5. The molecule has 27 heavy (non-hydrogen) atoms. The second-order valence-electron chi connectivity index (χ2n) is 6.24. The summed E-state index contributed by atoms with van der Waals surface area (Å²) in [5.41, 5.74) is 1.94. The molecule has 2 aromatic carbocycles. The van der Waals surface area contributed by atoms with Gasteiger partial charge in [-0.05, 0) is 29.8 Å². The Hall–Kier alpha value is -2.09. The van der Waals surface area contributed by atoms with Crippen LogP contribution in [0.1, 0.15) is 5.56 Å². The van der Waals surface area contributed by atoms with Gasteiger partial charge >= 0.3 is 0 Å². The van der Waals surface area contributed by atoms with Crippen molar-refractivity contribution in [3.63, 3.8) is 0 Å². The number of nitrogens with zero attached hydrogens (tertiary/aromatic N) is 3. The highest BCUT2D eigenvalue weighted by atomic mass is 35.5. The van der Waals surface area contributed by atoms with Crippen molar-refractivity contribution in [3.05, 3.63) is 58.1 Å². The van der Waals surface area contributed by atoms with Crippen molar-refractivity contribution in [2.75, 3.05) is 13.3 Å². The van der Waals surface area contributed by atoms with Crippen molar-refractivity contribution in [1.29, 1.82) is 0 Å². The number of benzene rings is 2. The molecule has 1 amide bonds. The fraction of sp³-hybridized carbons (Fsp3) is 0.222. The predicted octanol–water partition coefficient (Wildman–Crippen LogP) is 3.41. The van der Waals surface area contributed by atoms with Gasteiger partial charge in [0.1, 0.15) is 6.54 Å². The summed E-state index contributed by atoms with van der Waals surface area (Å²) < 4.78 is 25.6. The number of fused-ring (bicyclic) bond motifs is 1. The molecule has 0 fully saturated rings. The third-order valence-corrected chi connectivity index (χ3v) is 5.79. The van der Waals surface area contributed by atoms with Gasteiger partial charge in [-0.15, -0.1) is 0 Å². The number of aromatic nitrogens is 2. The maximum atomic E-state index is 12.7. The molecule has 9 heteroatoms. The van der Waals surface area contributed by atoms with Crippen molar-refractivity contribution >= 4 is 50.0 Å². The van der Waals surface area contributed by atoms with Gasteiger partial charge in [0.05, 0.1) is 21.1 Å². The van der Waals surface area contributed by atoms with E-state index in [1.54, 1.807) is 49.5 Å². The van der Waals surface area contributed by atoms with Crippen molar-refractivity contribution < 1.29 is 13.2 Å². The minimum atomic E-state index is -3.59. The molecule has 0 saturated carbocycles. The molecule has 3 aromatic rings. The number of likely N-dealkylation sites (N-methyl/N-ethyl adjacent to an activating group) is 1. The number of halogens is 2. The fourth-order valence-electron chi connectivity index (χ4n) is 2.75. The normalized spacial score (nSPS) is 11.7. The molecule has 0 atom stereocenters. The quantitative estimate of drug-likeness (QED) is 0.627. The summed E-state index contributed by atoms with van der Waals surface area (Å²) in [6.45, 7) is 0.178. The largest absolute Gasteiger partial charge is 0.340 e. The lowest BCUT2D eigenvalue weighted by molar-refractivity contribution is -0.131. The van der Waals surface area contributed by atoms with Crippen molar-refractivity contribution in [1.82, 2.24) is 14.5 Å². The molecule has 0 aliphatic heterocycles. The van der Waals surface area contributed by atoms with Crippen LogP contribution >= 0.6 is 23.2 Å². The van der Waals surface area contributed by atoms with Gasteiger partial charge in [-0.25, -0.2) is 13.4 Å². The van der Waals surface area contributed by atoms with E-state index in [0.29, 0.717) is 27.6 Å². The Balaban J connectivity index is 1.88. The molecule has 1 heterocycles. The van der Waals surface area contributed by atoms with Gasteiger partial charge in [0.15, 0.2) is 0 Å². The van der Waals surface area contributed by atoms with Gasteiger partial charge in [-0.2, -0.15) is 0 Å². The Morgan fingerprint density at radius 2 is 1.85 bits per heavy atom. The van der Waals surface area contributed by atoms with Gasteiger partial charge in [0.25, 0.3) is 0 Å². The van der Waals surface area contributed by atoms with Crippen LogP contribution in [0.15, 0.2) is 47.6 Å². The van der Waals surface area contributed by atoms with Crippen LogP contribution in [0, 0.1) is 0 Å². The average Bonchev–Trinajstić information content (AvgIpc) is 2.97. The highest BCUT2D eigenvalue weighted by Gasteiger charge is 2.22. The molecule has 0 aliphatic carbocycles. The Kier molecular flexibility index (Phi) is 5.46. The number of amides is 1. The van der Waals surface area contributed by atoms with Crippen LogP contribution in [0.5, 0.6) is 0 Å². The summed E-state index contributed by atoms with van der Waals surface area (Å²) in [6, 6.07) is 12.1. The van der Waals surface area contributed by atoms with E-state index < -0.39 is 9.84 Å². The number of imidazole rings is 1. The Morgan fingerprint density at radius 3 is 2.52 bits per heavy atom. The van der Waals surface area contributed by atoms with Crippen LogP contribution in [0.2, 0.25) is 10.0 Å². The average molecular weight is 426 g/mol. The number of carbonyl (C=O) groups is 1. The van der Waals surface area contributed by atoms with Crippen LogP contribution in [-0.4, -0.2) is 42.1 Å². The lowest BCUT2D eigenvalue weighted by Gasteiger charge is -2.19. The topological polar surface area (TPSA) is 72.3 Å². The van der Waals surface area contributed by atoms with Gasteiger partial charge < -0.3 is 9.47 Å². The minimum absolute atomic E-state index is 0.125. The van der Waals surface area contributed by atoms with Crippen LogP contribution in [0.4, 0.5) is 0 Å². The van der Waals surface area contributed by atoms with Crippen LogP contribution in [-0.2, 0) is 27.7 Å². The summed E-state index contributed by atoms with van der Waals surface area (Å²) in [5.74, 6) is -0.255. The maximum Gasteiger partial charge on any atom is 0.242 e. The van der Waals surface area contributed by atoms with E-state index in [9.17, 15) is 13.2 Å². The zero-order chi connectivity index (χ0) is 19.8. The first kappa shape index (κ1) is 19.7. The van der Waals surface area contributed by atoms with E-state index >= 15 is 0 Å². The molecule has 0 bridgehead atoms. The number of carbonyl (C=O) groups excluding carboxylic acids is 1. The first-order valence-electron chi connectivity index (χ1n) is 8.00. The van der Waals surface area contributed by atoms with E-state index in [1.165, 1.54) is 9.47 Å². The summed E-state index contributed by atoms with van der Waals surface area (Å²) in [4.78, 5) is 18.4. The molecule has 0 radical (unpaired) electrons. The highest BCUT2D eigenvalue weighted by molar-refractivity contribution is 7.90. The molecule has 3 rings (SSSR count). The number of hydrogen-bond donors (Lipinski definition) is 0. The van der Waals surface area contributed by atoms with E-state index in [4.69, 9.17) is 23.2 Å². The number of para-hydroxylation sites is 2. The zero-order valence-corrected chi connectivity index (χ0v) is 17.0. The minimum Gasteiger partial charge on any atom is -0.340 e. The molecule has 1 aromatic heterocycles. The van der Waals surface area contributed by atoms with Gasteiger partial charge in [0.2, 0.25) is 20.9 Å². The SMILES string of the molecule is CN(Cc1ccc(Cl)c(Cl)c1)C(=O)Cn1c(S(C)(=O)=O)nc2ccccc21. The van der Waals surface area contributed by atoms with E-state index in [0.717, 1.165) is 11.8 Å². The van der Waals surface area contributed by atoms with Crippen LogP contribution in [0.25, 0.3) is 11.0 Å². The number of sulfone groups is 1. The highest BCUT2D eigenvalue weighted by Crippen LogP contribution is 2.23. The first-order chi connectivity index (χ1) is 12.7. The Labute approximate surface area is 167 Å². The van der Waals surface area contributed by atoms with Crippen LogP contribution < -0.4 is 0 Å². The second-order valence-corrected chi connectivity index (χ2v) is 8.96. The molecule has 0 unspecified atom stereocenters. The Bertz CT molecular complexity index is 1130. The first-order valence-corrected chi connectivity index (χ1v) is 10.6. The van der Waals surface area contributed by atoms with E-state index in [1.807, 2.05) is 0 Å². The molecular formula is C18H17Cl2N3O3S. The lowest BCUT2D eigenvalue weighted by atomic mass is 10.2. The lowest BCUT2D eigenvalue weighted by Crippen LogP contribution is -2.30. The maximum absolute atomic E-state index is 12.7. The standard InChI is InChI=1S/C18H17Cl2N3O3S/c1-22(10-12-7-8-13(19)14(20)9-12)17(24)11-23-16-6-4-3-5-15(16)21-18(23)27(2,25)26/h3-9H,10-11H2,1-2H3. The Morgan fingerprint density at radius 1 is 1.15 bits per heavy atom. The molecular weight excluding hydrogens is 409 g/mol. The molecule has 0 aliphatic rings. The van der Waals surface area contributed by atoms with Gasteiger partial charge in [-0.1, -0.05) is 41.4 Å². The summed E-state index contributed by atoms with van der Waals surface area (Å²) in [5, 5.41) is 0.729. The monoisotopic (exact) mass is 425 g/mol. The molecule has 142 valence electrons. The van der Waals surface area contributed by atoms with Gasteiger partial charge in [-0.3, -0.25) is 4.79 Å². The third kappa shape index (κ3) is 4.26. The number of hydrogen-bond acceptors (Lipinski definition) is 4.